The molecule has 34 heavy (non-hydrogen) atoms. The Kier molecular flexibility index (Phi) is 7.19. The molecule has 0 unspecified atom stereocenters. The lowest BCUT2D eigenvalue weighted by molar-refractivity contribution is 0.0950. The van der Waals surface area contributed by atoms with E-state index in [1.165, 1.54) is 6.07 Å². The van der Waals surface area contributed by atoms with Gasteiger partial charge in [0.1, 0.15) is 0 Å². The van der Waals surface area contributed by atoms with Crippen LogP contribution >= 0.6 is 0 Å². The van der Waals surface area contributed by atoms with Crippen LogP contribution in [0.15, 0.2) is 59.8 Å². The molecule has 3 aromatic rings. The molecule has 1 N–H and O–H groups in total. The summed E-state index contributed by atoms with van der Waals surface area (Å²) in [4.78, 5) is 13.3. The maximum atomic E-state index is 13.4. The van der Waals surface area contributed by atoms with Gasteiger partial charge < -0.3 is 5.32 Å². The zero-order valence-electron chi connectivity index (χ0n) is 20.0. The highest BCUT2D eigenvalue weighted by atomic mass is 32.2. The Morgan fingerprint density at radius 2 is 1.79 bits per heavy atom. The van der Waals surface area contributed by atoms with Gasteiger partial charge in [0, 0.05) is 37.6 Å². The molecule has 0 bridgehead atoms. The molecule has 2 aromatic carbocycles. The molecule has 8 heteroatoms. The van der Waals surface area contributed by atoms with Crippen molar-refractivity contribution in [1.29, 1.82) is 0 Å². The average molecular weight is 481 g/mol. The van der Waals surface area contributed by atoms with Crippen molar-refractivity contribution in [2.45, 2.75) is 51.6 Å². The van der Waals surface area contributed by atoms with Crippen molar-refractivity contribution >= 4 is 15.9 Å². The van der Waals surface area contributed by atoms with Crippen LogP contribution in [-0.4, -0.2) is 41.5 Å². The van der Waals surface area contributed by atoms with Gasteiger partial charge in [-0.05, 0) is 73.1 Å². The number of nitrogens with zero attached hydrogens (tertiary/aromatic N) is 3. The molecule has 2 heterocycles. The molecular formula is C26H32N4O3S. The largest absolute Gasteiger partial charge is 0.348 e. The van der Waals surface area contributed by atoms with Gasteiger partial charge >= 0.3 is 0 Å². The zero-order valence-corrected chi connectivity index (χ0v) is 20.8. The molecule has 1 aliphatic rings. The first-order valence-corrected chi connectivity index (χ1v) is 13.1. The fourth-order valence-electron chi connectivity index (χ4n) is 4.32. The number of carbonyl (C=O) groups is 1. The van der Waals surface area contributed by atoms with E-state index in [-0.39, 0.29) is 10.8 Å². The number of amides is 1. The Morgan fingerprint density at radius 1 is 1.09 bits per heavy atom. The highest BCUT2D eigenvalue weighted by Crippen LogP contribution is 2.28. The molecule has 0 atom stereocenters. The van der Waals surface area contributed by atoms with Gasteiger partial charge in [0.05, 0.1) is 11.4 Å². The molecule has 1 fully saturated rings. The van der Waals surface area contributed by atoms with E-state index in [2.05, 4.69) is 17.3 Å². The van der Waals surface area contributed by atoms with Gasteiger partial charge in [-0.25, -0.2) is 8.42 Å². The normalized spacial score (nSPS) is 15.4. The Balaban J connectivity index is 1.53. The predicted molar refractivity (Wildman–Crippen MR) is 132 cm³/mol. The smallest absolute Gasteiger partial charge is 0.251 e. The van der Waals surface area contributed by atoms with Crippen molar-refractivity contribution in [3.05, 3.63) is 82.7 Å². The number of aromatic nitrogens is 2. The predicted octanol–water partition coefficient (Wildman–Crippen LogP) is 3.90. The SMILES string of the molecule is Cc1cc(C(=O)NCc2ccccc2Cn2cccn2)cc(S(=O)(=O)N2CCC(C)CC2)c1C. The Labute approximate surface area is 201 Å². The molecule has 1 saturated heterocycles. The summed E-state index contributed by atoms with van der Waals surface area (Å²) < 4.78 is 30.2. The van der Waals surface area contributed by atoms with Crippen LogP contribution in [0.4, 0.5) is 0 Å². The third-order valence-electron chi connectivity index (χ3n) is 6.69. The number of rotatable bonds is 7. The molecule has 0 radical (unpaired) electrons. The number of benzene rings is 2. The van der Waals surface area contributed by atoms with Crippen LogP contribution in [0, 0.1) is 19.8 Å². The number of piperidine rings is 1. The molecule has 1 aliphatic heterocycles. The molecule has 1 amide bonds. The van der Waals surface area contributed by atoms with Gasteiger partial charge in [-0.15, -0.1) is 0 Å². The summed E-state index contributed by atoms with van der Waals surface area (Å²) in [5.74, 6) is 0.239. The van der Waals surface area contributed by atoms with Gasteiger partial charge in [-0.1, -0.05) is 31.2 Å². The lowest BCUT2D eigenvalue weighted by Crippen LogP contribution is -2.38. The van der Waals surface area contributed by atoms with Gasteiger partial charge in [0.2, 0.25) is 10.0 Å². The summed E-state index contributed by atoms with van der Waals surface area (Å²) in [5.41, 5.74) is 3.90. The van der Waals surface area contributed by atoms with Crippen LogP contribution in [0.2, 0.25) is 0 Å². The lowest BCUT2D eigenvalue weighted by Gasteiger charge is -2.30. The number of hydrogen-bond acceptors (Lipinski definition) is 4. The van der Waals surface area contributed by atoms with Crippen LogP contribution in [0.25, 0.3) is 0 Å². The van der Waals surface area contributed by atoms with Crippen molar-refractivity contribution in [2.24, 2.45) is 5.92 Å². The summed E-state index contributed by atoms with van der Waals surface area (Å²) in [7, 11) is -3.65. The zero-order chi connectivity index (χ0) is 24.3. The highest BCUT2D eigenvalue weighted by molar-refractivity contribution is 7.89. The summed E-state index contributed by atoms with van der Waals surface area (Å²) in [6, 6.07) is 13.1. The molecule has 0 saturated carbocycles. The summed E-state index contributed by atoms with van der Waals surface area (Å²) >= 11 is 0. The van der Waals surface area contributed by atoms with E-state index in [9.17, 15) is 13.2 Å². The second-order valence-electron chi connectivity index (χ2n) is 9.16. The Bertz CT molecular complexity index is 1260. The fourth-order valence-corrected chi connectivity index (χ4v) is 6.11. The second-order valence-corrected chi connectivity index (χ2v) is 11.1. The van der Waals surface area contributed by atoms with E-state index >= 15 is 0 Å². The Morgan fingerprint density at radius 3 is 2.47 bits per heavy atom. The molecule has 1 aromatic heterocycles. The first-order chi connectivity index (χ1) is 16.3. The first kappa shape index (κ1) is 24.2. The van der Waals surface area contributed by atoms with Crippen LogP contribution in [0.5, 0.6) is 0 Å². The average Bonchev–Trinajstić information content (AvgIpc) is 3.33. The fraction of sp³-hybridized carbons (Fsp3) is 0.385. The van der Waals surface area contributed by atoms with Crippen molar-refractivity contribution < 1.29 is 13.2 Å². The van der Waals surface area contributed by atoms with Crippen molar-refractivity contribution in [2.75, 3.05) is 13.1 Å². The molecule has 180 valence electrons. The minimum absolute atomic E-state index is 0.228. The third kappa shape index (κ3) is 5.23. The van der Waals surface area contributed by atoms with Gasteiger partial charge in [0.15, 0.2) is 0 Å². The maximum absolute atomic E-state index is 13.4. The molecule has 7 nitrogen and oxygen atoms in total. The summed E-state index contributed by atoms with van der Waals surface area (Å²) in [6.07, 6.45) is 5.35. The molecule has 0 spiro atoms. The second kappa shape index (κ2) is 10.1. The van der Waals surface area contributed by atoms with E-state index in [0.29, 0.717) is 43.2 Å². The Hall–Kier alpha value is -2.97. The first-order valence-electron chi connectivity index (χ1n) is 11.7. The number of sulfonamides is 1. The summed E-state index contributed by atoms with van der Waals surface area (Å²) in [6.45, 7) is 7.80. The van der Waals surface area contributed by atoms with Crippen LogP contribution in [0.3, 0.4) is 0 Å². The van der Waals surface area contributed by atoms with Gasteiger partial charge in [-0.3, -0.25) is 9.48 Å². The van der Waals surface area contributed by atoms with E-state index in [0.717, 1.165) is 29.5 Å². The number of carbonyl (C=O) groups excluding carboxylic acids is 1. The molecule has 0 aliphatic carbocycles. The standard InChI is InChI=1S/C26H32N4O3S/c1-19-9-13-30(14-10-19)34(32,33)25-16-24(15-20(2)21(25)3)26(31)27-17-22-7-4-5-8-23(22)18-29-12-6-11-28-29/h4-8,11-12,15-16,19H,9-10,13-14,17-18H2,1-3H3,(H,27,31). The molecular weight excluding hydrogens is 448 g/mol. The van der Waals surface area contributed by atoms with Gasteiger partial charge in [-0.2, -0.15) is 9.40 Å². The molecule has 4 rings (SSSR count). The highest BCUT2D eigenvalue weighted by Gasteiger charge is 2.30. The van der Waals surface area contributed by atoms with Crippen molar-refractivity contribution in [1.82, 2.24) is 19.4 Å². The van der Waals surface area contributed by atoms with Gasteiger partial charge in [0.25, 0.3) is 5.91 Å². The van der Waals surface area contributed by atoms with E-state index in [4.69, 9.17) is 0 Å². The topological polar surface area (TPSA) is 84.3 Å². The van der Waals surface area contributed by atoms with Crippen LogP contribution < -0.4 is 5.32 Å². The van der Waals surface area contributed by atoms with Crippen molar-refractivity contribution in [3.8, 4) is 0 Å². The summed E-state index contributed by atoms with van der Waals surface area (Å²) in [5, 5.41) is 7.23. The number of nitrogens with one attached hydrogen (secondary N) is 1. The number of hydrogen-bond donors (Lipinski definition) is 1. The van der Waals surface area contributed by atoms with Crippen LogP contribution in [-0.2, 0) is 23.1 Å². The van der Waals surface area contributed by atoms with Crippen molar-refractivity contribution in [3.63, 3.8) is 0 Å². The van der Waals surface area contributed by atoms with E-state index in [1.54, 1.807) is 16.6 Å². The number of aryl methyl sites for hydroxylation is 1. The van der Waals surface area contributed by atoms with E-state index in [1.807, 2.05) is 55.1 Å². The monoisotopic (exact) mass is 480 g/mol. The van der Waals surface area contributed by atoms with E-state index < -0.39 is 10.0 Å². The van der Waals surface area contributed by atoms with Crippen LogP contribution in [0.1, 0.15) is 52.4 Å². The lowest BCUT2D eigenvalue weighted by atomic mass is 10.0. The maximum Gasteiger partial charge on any atom is 0.251 e. The minimum Gasteiger partial charge on any atom is -0.348 e. The minimum atomic E-state index is -3.65. The quantitative estimate of drug-likeness (QED) is 0.556. The third-order valence-corrected chi connectivity index (χ3v) is 8.72.